The van der Waals surface area contributed by atoms with Crippen molar-refractivity contribution in [3.63, 3.8) is 0 Å². The highest BCUT2D eigenvalue weighted by molar-refractivity contribution is 7.89. The molecule has 1 amide bonds. The number of nitrogens with zero attached hydrogens (tertiary/aromatic N) is 1. The van der Waals surface area contributed by atoms with Crippen LogP contribution in [0.4, 0.5) is 5.69 Å². The van der Waals surface area contributed by atoms with Gasteiger partial charge in [-0.05, 0) is 54.8 Å². The molecule has 9 heteroatoms. The maximum Gasteiger partial charge on any atom is 0.243 e. The molecule has 3 aromatic carbocycles. The molecule has 0 aromatic heterocycles. The van der Waals surface area contributed by atoms with Gasteiger partial charge < -0.3 is 19.5 Å². The van der Waals surface area contributed by atoms with Gasteiger partial charge in [0.15, 0.2) is 11.5 Å². The van der Waals surface area contributed by atoms with E-state index in [1.54, 1.807) is 30.3 Å². The Balaban J connectivity index is 1.37. The highest BCUT2D eigenvalue weighted by Gasteiger charge is 2.33. The van der Waals surface area contributed by atoms with Crippen molar-refractivity contribution in [3.8, 4) is 17.2 Å². The minimum absolute atomic E-state index is 0.104. The Bertz CT molecular complexity index is 1280. The fourth-order valence-electron chi connectivity index (χ4n) is 4.12. The predicted molar refractivity (Wildman–Crippen MR) is 137 cm³/mol. The molecule has 3 aromatic rings. The highest BCUT2D eigenvalue weighted by atomic mass is 32.2. The summed E-state index contributed by atoms with van der Waals surface area (Å²) in [5.74, 6) is 0.814. The molecular formula is C27H30N2O6S. The summed E-state index contributed by atoms with van der Waals surface area (Å²) < 4.78 is 44.1. The fourth-order valence-corrected chi connectivity index (χ4v) is 5.66. The lowest BCUT2D eigenvalue weighted by molar-refractivity contribution is -0.120. The smallest absolute Gasteiger partial charge is 0.243 e. The first-order valence-electron chi connectivity index (χ1n) is 11.7. The van der Waals surface area contributed by atoms with E-state index in [2.05, 4.69) is 5.32 Å². The van der Waals surface area contributed by atoms with E-state index in [-0.39, 0.29) is 17.3 Å². The van der Waals surface area contributed by atoms with E-state index in [9.17, 15) is 13.2 Å². The van der Waals surface area contributed by atoms with E-state index < -0.39 is 15.9 Å². The van der Waals surface area contributed by atoms with Crippen LogP contribution in [0.2, 0.25) is 0 Å². The van der Waals surface area contributed by atoms with Gasteiger partial charge in [0.05, 0.1) is 25.0 Å². The molecule has 1 aliphatic rings. The lowest BCUT2D eigenvalue weighted by Gasteiger charge is -2.31. The monoisotopic (exact) mass is 510 g/mol. The summed E-state index contributed by atoms with van der Waals surface area (Å²) in [6.07, 6.45) is 1.21. The molecule has 1 N–H and O–H groups in total. The molecule has 8 nitrogen and oxygen atoms in total. The quantitative estimate of drug-likeness (QED) is 0.461. The van der Waals surface area contributed by atoms with Crippen LogP contribution in [0.1, 0.15) is 18.4 Å². The van der Waals surface area contributed by atoms with Crippen LogP contribution in [0.15, 0.2) is 77.7 Å². The van der Waals surface area contributed by atoms with Crippen LogP contribution >= 0.6 is 0 Å². The molecule has 1 heterocycles. The third-order valence-corrected chi connectivity index (χ3v) is 7.98. The predicted octanol–water partition coefficient (Wildman–Crippen LogP) is 4.32. The Kier molecular flexibility index (Phi) is 8.12. The van der Waals surface area contributed by atoms with Gasteiger partial charge in [0.2, 0.25) is 15.9 Å². The van der Waals surface area contributed by atoms with Crippen LogP contribution in [0.5, 0.6) is 17.2 Å². The van der Waals surface area contributed by atoms with Crippen LogP contribution in [0.25, 0.3) is 0 Å². The van der Waals surface area contributed by atoms with Gasteiger partial charge in [-0.1, -0.05) is 30.3 Å². The third-order valence-electron chi connectivity index (χ3n) is 6.12. The van der Waals surface area contributed by atoms with Crippen molar-refractivity contribution in [1.82, 2.24) is 4.31 Å². The average Bonchev–Trinajstić information content (AvgIpc) is 2.92. The lowest BCUT2D eigenvalue weighted by Crippen LogP contribution is -2.43. The number of benzene rings is 3. The van der Waals surface area contributed by atoms with Gasteiger partial charge in [-0.3, -0.25) is 4.79 Å². The topological polar surface area (TPSA) is 94.2 Å². The molecule has 190 valence electrons. The summed E-state index contributed by atoms with van der Waals surface area (Å²) in [6.45, 7) is 0.924. The van der Waals surface area contributed by atoms with Crippen LogP contribution in [-0.2, 0) is 21.4 Å². The molecule has 36 heavy (non-hydrogen) atoms. The largest absolute Gasteiger partial charge is 0.493 e. The second kappa shape index (κ2) is 11.5. The first kappa shape index (κ1) is 25.5. The molecule has 0 radical (unpaired) electrons. The standard InChI is InChI=1S/C27H30N2O6S/c1-33-25-15-14-24(17-26(25)34-2)36(31,32)29-16-6-9-21(18-29)27(30)28-22-10-12-23(13-11-22)35-19-20-7-4-3-5-8-20/h3-5,7-8,10-15,17,21H,6,9,16,18-19H2,1-2H3,(H,28,30)/t21-/m0/s1. The minimum Gasteiger partial charge on any atom is -0.493 e. The number of carbonyl (C=O) groups is 1. The van der Waals surface area contributed by atoms with E-state index in [0.717, 1.165) is 5.56 Å². The zero-order valence-corrected chi connectivity index (χ0v) is 21.2. The summed E-state index contributed by atoms with van der Waals surface area (Å²) in [6, 6.07) is 21.5. The first-order valence-corrected chi connectivity index (χ1v) is 13.1. The van der Waals surface area contributed by atoms with Crippen molar-refractivity contribution in [2.45, 2.75) is 24.3 Å². The Morgan fingerprint density at radius 1 is 0.972 bits per heavy atom. The number of nitrogens with one attached hydrogen (secondary N) is 1. The molecular weight excluding hydrogens is 480 g/mol. The van der Waals surface area contributed by atoms with Gasteiger partial charge in [-0.25, -0.2) is 8.42 Å². The van der Waals surface area contributed by atoms with Gasteiger partial charge >= 0.3 is 0 Å². The van der Waals surface area contributed by atoms with Crippen molar-refractivity contribution in [1.29, 1.82) is 0 Å². The molecule has 0 spiro atoms. The molecule has 1 atom stereocenters. The average molecular weight is 511 g/mol. The summed E-state index contributed by atoms with van der Waals surface area (Å²) in [5, 5.41) is 2.91. The Hall–Kier alpha value is -3.56. The molecule has 1 aliphatic heterocycles. The van der Waals surface area contributed by atoms with Gasteiger partial charge in [-0.2, -0.15) is 4.31 Å². The van der Waals surface area contributed by atoms with Crippen LogP contribution in [0.3, 0.4) is 0 Å². The molecule has 4 rings (SSSR count). The molecule has 0 bridgehead atoms. The van der Waals surface area contributed by atoms with Crippen LogP contribution < -0.4 is 19.5 Å². The number of carbonyl (C=O) groups excluding carboxylic acids is 1. The number of ether oxygens (including phenoxy) is 3. The van der Waals surface area contributed by atoms with Crippen LogP contribution in [0, 0.1) is 5.92 Å². The summed E-state index contributed by atoms with van der Waals surface area (Å²) in [5.41, 5.74) is 1.70. The Morgan fingerprint density at radius 3 is 2.39 bits per heavy atom. The zero-order chi connectivity index (χ0) is 25.5. The van der Waals surface area contributed by atoms with Gasteiger partial charge in [0.25, 0.3) is 0 Å². The summed E-state index contributed by atoms with van der Waals surface area (Å²) in [4.78, 5) is 13.1. The summed E-state index contributed by atoms with van der Waals surface area (Å²) >= 11 is 0. The van der Waals surface area contributed by atoms with E-state index in [1.807, 2.05) is 30.3 Å². The number of anilines is 1. The van der Waals surface area contributed by atoms with Crippen molar-refractivity contribution >= 4 is 21.6 Å². The van der Waals surface area contributed by atoms with Crippen molar-refractivity contribution in [3.05, 3.63) is 78.4 Å². The number of sulfonamides is 1. The molecule has 0 aliphatic carbocycles. The number of methoxy groups -OCH3 is 2. The first-order chi connectivity index (χ1) is 17.4. The second-order valence-corrected chi connectivity index (χ2v) is 10.4. The van der Waals surface area contributed by atoms with Crippen molar-refractivity contribution in [2.75, 3.05) is 32.6 Å². The molecule has 0 saturated carbocycles. The van der Waals surface area contributed by atoms with Crippen molar-refractivity contribution < 1.29 is 27.4 Å². The van der Waals surface area contributed by atoms with E-state index in [4.69, 9.17) is 14.2 Å². The molecule has 0 unspecified atom stereocenters. The molecule has 1 saturated heterocycles. The minimum atomic E-state index is -3.79. The highest BCUT2D eigenvalue weighted by Crippen LogP contribution is 2.32. The maximum absolute atomic E-state index is 13.3. The Morgan fingerprint density at radius 2 is 1.69 bits per heavy atom. The normalized spacial score (nSPS) is 16.2. The second-order valence-electron chi connectivity index (χ2n) is 8.51. The van der Waals surface area contributed by atoms with Crippen LogP contribution in [-0.4, -0.2) is 45.9 Å². The lowest BCUT2D eigenvalue weighted by atomic mass is 9.99. The fraction of sp³-hybridized carbons (Fsp3) is 0.296. The van der Waals surface area contributed by atoms with Gasteiger partial charge in [0, 0.05) is 24.8 Å². The van der Waals surface area contributed by atoms with E-state index in [0.29, 0.717) is 48.9 Å². The number of hydrogen-bond donors (Lipinski definition) is 1. The van der Waals surface area contributed by atoms with Gasteiger partial charge in [0.1, 0.15) is 12.4 Å². The van der Waals surface area contributed by atoms with E-state index >= 15 is 0 Å². The van der Waals surface area contributed by atoms with Gasteiger partial charge in [-0.15, -0.1) is 0 Å². The number of rotatable bonds is 9. The number of piperidine rings is 1. The number of hydrogen-bond acceptors (Lipinski definition) is 6. The number of amides is 1. The maximum atomic E-state index is 13.3. The molecule has 1 fully saturated rings. The zero-order valence-electron chi connectivity index (χ0n) is 20.3. The Labute approximate surface area is 211 Å². The van der Waals surface area contributed by atoms with E-state index in [1.165, 1.54) is 30.7 Å². The third kappa shape index (κ3) is 5.98. The SMILES string of the molecule is COc1ccc(S(=O)(=O)N2CCC[C@H](C(=O)Nc3ccc(OCc4ccccc4)cc3)C2)cc1OC. The summed E-state index contributed by atoms with van der Waals surface area (Å²) in [7, 11) is -0.845. The van der Waals surface area contributed by atoms with Crippen molar-refractivity contribution in [2.24, 2.45) is 5.92 Å².